The molecule has 4 nitrogen and oxygen atoms in total. The zero-order chi connectivity index (χ0) is 18.9. The highest BCUT2D eigenvalue weighted by Gasteiger charge is 1.92. The molecule has 2 rings (SSSR count). The van der Waals surface area contributed by atoms with Gasteiger partial charge in [0.15, 0.2) is 0 Å². The molecule has 0 aliphatic rings. The minimum absolute atomic E-state index is 0. The van der Waals surface area contributed by atoms with Crippen LogP contribution in [0.1, 0.15) is 62.3 Å². The molecule has 0 saturated heterocycles. The molecule has 0 amide bonds. The Labute approximate surface area is 163 Å². The Morgan fingerprint density at radius 3 is 1.59 bits per heavy atom. The lowest BCUT2D eigenvalue weighted by Crippen LogP contribution is -1.94. The second-order valence-corrected chi connectivity index (χ2v) is 4.93. The molecule has 2 aromatic carbocycles. The van der Waals surface area contributed by atoms with Crippen molar-refractivity contribution in [3.63, 3.8) is 0 Å². The molecule has 0 bridgehead atoms. The van der Waals surface area contributed by atoms with Crippen molar-refractivity contribution >= 4 is 12.6 Å². The van der Waals surface area contributed by atoms with Gasteiger partial charge in [-0.15, -0.1) is 0 Å². The normalized spacial score (nSPS) is 8.30. The van der Waals surface area contributed by atoms with E-state index < -0.39 is 0 Å². The first kappa shape index (κ1) is 29.2. The van der Waals surface area contributed by atoms with Crippen molar-refractivity contribution in [3.05, 3.63) is 65.5 Å². The van der Waals surface area contributed by atoms with E-state index in [4.69, 9.17) is 9.84 Å². The van der Waals surface area contributed by atoms with Gasteiger partial charge in [0.2, 0.25) is 0 Å². The summed E-state index contributed by atoms with van der Waals surface area (Å²) < 4.78 is 17.4. The number of hydrogen-bond donors (Lipinski definition) is 1. The van der Waals surface area contributed by atoms with E-state index in [1.165, 1.54) is 24.3 Å². The molecule has 0 unspecified atom stereocenters. The van der Waals surface area contributed by atoms with E-state index >= 15 is 0 Å². The molecule has 0 aromatic heterocycles. The molecule has 0 heterocycles. The Kier molecular flexibility index (Phi) is 21.4. The minimum atomic E-state index is -0.319. The number of aldehydes is 2. The van der Waals surface area contributed by atoms with Crippen LogP contribution in [0.3, 0.4) is 0 Å². The van der Waals surface area contributed by atoms with E-state index in [1.54, 1.807) is 24.3 Å². The number of rotatable bonds is 6. The standard InChI is InChI=1S/C10H12O2.C7H5FO.C3H8O.2CH4/c1-2-7-12-10-5-3-9(8-11)4-6-10;8-7-3-1-6(5-9)2-4-7;1-2-3-4;;/h3-6,8H,2,7H2,1H3;1-5H;4H,2-3H2,1H3;2*1H4. The van der Waals surface area contributed by atoms with Crippen LogP contribution in [0, 0.1) is 5.82 Å². The maximum atomic E-state index is 12.1. The number of aliphatic hydroxyl groups is 1. The van der Waals surface area contributed by atoms with Crippen LogP contribution in [0.4, 0.5) is 4.39 Å². The van der Waals surface area contributed by atoms with Crippen molar-refractivity contribution in [2.45, 2.75) is 41.5 Å². The van der Waals surface area contributed by atoms with Crippen LogP contribution in [0.15, 0.2) is 48.5 Å². The number of benzene rings is 2. The van der Waals surface area contributed by atoms with Crippen LogP contribution in [-0.2, 0) is 0 Å². The van der Waals surface area contributed by atoms with Gasteiger partial charge in [-0.05, 0) is 61.4 Å². The van der Waals surface area contributed by atoms with E-state index in [9.17, 15) is 14.0 Å². The largest absolute Gasteiger partial charge is 0.494 e. The number of carbonyl (C=O) groups excluding carboxylic acids is 2. The van der Waals surface area contributed by atoms with E-state index in [-0.39, 0.29) is 20.7 Å². The quantitative estimate of drug-likeness (QED) is 0.664. The van der Waals surface area contributed by atoms with Crippen molar-refractivity contribution in [1.82, 2.24) is 0 Å². The Morgan fingerprint density at radius 2 is 1.26 bits per heavy atom. The third-order valence-corrected chi connectivity index (χ3v) is 2.72. The number of hydrogen-bond acceptors (Lipinski definition) is 4. The summed E-state index contributed by atoms with van der Waals surface area (Å²) >= 11 is 0. The first-order valence-electron chi connectivity index (χ1n) is 8.10. The van der Waals surface area contributed by atoms with Crippen LogP contribution in [-0.4, -0.2) is 30.9 Å². The maximum Gasteiger partial charge on any atom is 0.150 e. The number of carbonyl (C=O) groups is 2. The first-order valence-corrected chi connectivity index (χ1v) is 8.10. The number of aliphatic hydroxyl groups excluding tert-OH is 1. The molecule has 2 aromatic rings. The second-order valence-electron chi connectivity index (χ2n) is 4.93. The zero-order valence-electron chi connectivity index (χ0n) is 14.7. The third-order valence-electron chi connectivity index (χ3n) is 2.72. The van der Waals surface area contributed by atoms with E-state index in [0.717, 1.165) is 31.5 Å². The first-order chi connectivity index (χ1) is 12.1. The Morgan fingerprint density at radius 1 is 0.852 bits per heavy atom. The van der Waals surface area contributed by atoms with Crippen molar-refractivity contribution in [2.75, 3.05) is 13.2 Å². The molecule has 1 N–H and O–H groups in total. The van der Waals surface area contributed by atoms with Crippen LogP contribution >= 0.6 is 0 Å². The van der Waals surface area contributed by atoms with Crippen LogP contribution in [0.5, 0.6) is 5.75 Å². The highest BCUT2D eigenvalue weighted by molar-refractivity contribution is 5.75. The molecule has 0 radical (unpaired) electrons. The van der Waals surface area contributed by atoms with E-state index in [0.29, 0.717) is 24.0 Å². The van der Waals surface area contributed by atoms with Crippen molar-refractivity contribution in [1.29, 1.82) is 0 Å². The lowest BCUT2D eigenvalue weighted by molar-refractivity contribution is 0.111. The maximum absolute atomic E-state index is 12.1. The SMILES string of the molecule is C.C.CCCO.CCCOc1ccc(C=O)cc1.O=Cc1ccc(F)cc1. The lowest BCUT2D eigenvalue weighted by Gasteiger charge is -2.02. The van der Waals surface area contributed by atoms with Crippen molar-refractivity contribution in [2.24, 2.45) is 0 Å². The fraction of sp³-hybridized carbons (Fsp3) is 0.364. The average molecular weight is 381 g/mol. The topological polar surface area (TPSA) is 63.6 Å². The Balaban J connectivity index is -0.000000343. The minimum Gasteiger partial charge on any atom is -0.494 e. The summed E-state index contributed by atoms with van der Waals surface area (Å²) in [6.07, 6.45) is 3.37. The molecule has 0 aliphatic carbocycles. The monoisotopic (exact) mass is 380 g/mol. The summed E-state index contributed by atoms with van der Waals surface area (Å²) in [5, 5.41) is 7.88. The molecule has 5 heteroatoms. The van der Waals surface area contributed by atoms with Gasteiger partial charge in [0, 0.05) is 17.7 Å². The van der Waals surface area contributed by atoms with Gasteiger partial charge >= 0.3 is 0 Å². The fourth-order valence-electron chi connectivity index (χ4n) is 1.40. The predicted octanol–water partition coefficient (Wildman–Crippen LogP) is 5.59. The highest BCUT2D eigenvalue weighted by atomic mass is 19.1. The molecule has 27 heavy (non-hydrogen) atoms. The molecular formula is C22H33FO4. The fourth-order valence-corrected chi connectivity index (χ4v) is 1.40. The molecule has 0 saturated carbocycles. The molecule has 0 aliphatic heterocycles. The highest BCUT2D eigenvalue weighted by Crippen LogP contribution is 2.10. The summed E-state index contributed by atoms with van der Waals surface area (Å²) in [6, 6.07) is 12.5. The smallest absolute Gasteiger partial charge is 0.150 e. The van der Waals surface area contributed by atoms with Gasteiger partial charge in [0.1, 0.15) is 24.1 Å². The lowest BCUT2D eigenvalue weighted by atomic mass is 10.2. The average Bonchev–Trinajstić information content (AvgIpc) is 2.68. The van der Waals surface area contributed by atoms with E-state index in [2.05, 4.69) is 6.92 Å². The predicted molar refractivity (Wildman–Crippen MR) is 110 cm³/mol. The second kappa shape index (κ2) is 19.8. The molecular weight excluding hydrogens is 347 g/mol. The molecule has 0 atom stereocenters. The van der Waals surface area contributed by atoms with Crippen molar-refractivity contribution < 1.29 is 23.8 Å². The molecule has 0 fully saturated rings. The summed E-state index contributed by atoms with van der Waals surface area (Å²) in [6.45, 7) is 5.03. The van der Waals surface area contributed by atoms with E-state index in [1.807, 2.05) is 6.92 Å². The van der Waals surface area contributed by atoms with Gasteiger partial charge in [-0.25, -0.2) is 4.39 Å². The number of ether oxygens (including phenoxy) is 1. The molecule has 0 spiro atoms. The van der Waals surface area contributed by atoms with Gasteiger partial charge in [-0.2, -0.15) is 0 Å². The number of halogens is 1. The third kappa shape index (κ3) is 15.4. The van der Waals surface area contributed by atoms with Gasteiger partial charge in [-0.3, -0.25) is 9.59 Å². The summed E-state index contributed by atoms with van der Waals surface area (Å²) in [5.41, 5.74) is 1.18. The summed E-state index contributed by atoms with van der Waals surface area (Å²) in [7, 11) is 0. The summed E-state index contributed by atoms with van der Waals surface area (Å²) in [4.78, 5) is 20.3. The van der Waals surface area contributed by atoms with Crippen LogP contribution in [0.2, 0.25) is 0 Å². The summed E-state index contributed by atoms with van der Waals surface area (Å²) in [5.74, 6) is 0.503. The molecule has 152 valence electrons. The van der Waals surface area contributed by atoms with Crippen LogP contribution in [0.25, 0.3) is 0 Å². The Bertz CT molecular complexity index is 578. The van der Waals surface area contributed by atoms with Crippen molar-refractivity contribution in [3.8, 4) is 5.75 Å². The van der Waals surface area contributed by atoms with Gasteiger partial charge in [0.25, 0.3) is 0 Å². The van der Waals surface area contributed by atoms with Gasteiger partial charge in [-0.1, -0.05) is 28.7 Å². The van der Waals surface area contributed by atoms with Crippen LogP contribution < -0.4 is 4.74 Å². The van der Waals surface area contributed by atoms with Gasteiger partial charge < -0.3 is 9.84 Å². The Hall–Kier alpha value is -2.53. The zero-order valence-corrected chi connectivity index (χ0v) is 14.7. The van der Waals surface area contributed by atoms with Gasteiger partial charge in [0.05, 0.1) is 6.61 Å².